The van der Waals surface area contributed by atoms with Crippen molar-refractivity contribution < 1.29 is 25.2 Å². The number of nitrogens with one attached hydrogen (secondary N) is 2. The molecule has 4 aromatic heterocycles. The molecule has 0 aliphatic carbocycles. The van der Waals surface area contributed by atoms with E-state index in [4.69, 9.17) is 4.74 Å². The summed E-state index contributed by atoms with van der Waals surface area (Å²) in [6.07, 6.45) is 1.65. The van der Waals surface area contributed by atoms with Gasteiger partial charge in [0, 0.05) is 52.6 Å². The number of aromatic nitrogens is 4. The van der Waals surface area contributed by atoms with Gasteiger partial charge in [-0.05, 0) is 74.0 Å². The fourth-order valence-corrected chi connectivity index (χ4v) is 5.26. The number of methoxy groups -OCH3 is 1. The van der Waals surface area contributed by atoms with Crippen LogP contribution >= 0.6 is 0 Å². The van der Waals surface area contributed by atoms with Gasteiger partial charge < -0.3 is 35.5 Å². The lowest BCUT2D eigenvalue weighted by atomic mass is 10.1. The Hall–Kier alpha value is -6.88. The monoisotopic (exact) mass is 683 g/mol. The summed E-state index contributed by atoms with van der Waals surface area (Å²) in [5.74, 6) is 2.12. The fourth-order valence-electron chi connectivity index (χ4n) is 5.26. The Balaban J connectivity index is 0.000000132. The first-order chi connectivity index (χ1) is 24.6. The largest absolute Gasteiger partial charge is 0.506 e. The van der Waals surface area contributed by atoms with E-state index in [1.165, 1.54) is 12.1 Å². The van der Waals surface area contributed by atoms with Crippen molar-refractivity contribution in [3.8, 4) is 28.7 Å². The molecule has 0 fully saturated rings. The van der Waals surface area contributed by atoms with Crippen LogP contribution in [0.5, 0.6) is 28.7 Å². The number of phenolic OH excluding ortho intramolecular Hbond substituents is 4. The number of para-hydroxylation sites is 3. The molecule has 0 aliphatic heterocycles. The minimum absolute atomic E-state index is 0.102. The van der Waals surface area contributed by atoms with Crippen molar-refractivity contribution in [2.45, 2.75) is 13.8 Å². The molecule has 6 N–H and O–H groups in total. The Morgan fingerprint density at radius 1 is 0.647 bits per heavy atom. The first-order valence-electron chi connectivity index (χ1n) is 15.8. The summed E-state index contributed by atoms with van der Waals surface area (Å²) in [4.78, 5) is 26.0. The zero-order valence-corrected chi connectivity index (χ0v) is 28.4. The zero-order valence-electron chi connectivity index (χ0n) is 28.4. The van der Waals surface area contributed by atoms with Gasteiger partial charge in [0.25, 0.3) is 0 Å². The molecule has 0 amide bonds. The lowest BCUT2D eigenvalue weighted by molar-refractivity contribution is 0.409. The van der Waals surface area contributed by atoms with Crippen LogP contribution in [0.2, 0.25) is 0 Å². The standard InChI is InChI=1S/C11H11NO.C10H10N2O.C10H9NO2.C9H7NO2/c1-7-6-8(2)12-11-9(7)4-3-5-10(11)13;1-11-9-6-5-7-3-2-4-8(13)10(7)12-9;1-13-8-5-7-3-2-4-11-10(7)9(12)6-8;11-7-3-1-2-6-4-5-8(12)10-9(6)7/h3-6,13H,1-2H3;2-6,13H,1H3,(H,11,12);2-6,12H,1H3;1-5,11H,(H,10,12). The lowest BCUT2D eigenvalue weighted by Gasteiger charge is -2.04. The van der Waals surface area contributed by atoms with Crippen molar-refractivity contribution in [2.75, 3.05) is 19.5 Å². The minimum atomic E-state index is -0.205. The molecule has 0 spiro atoms. The van der Waals surface area contributed by atoms with Crippen molar-refractivity contribution >= 4 is 49.4 Å². The second-order valence-corrected chi connectivity index (χ2v) is 11.3. The number of aryl methyl sites for hydroxylation is 2. The van der Waals surface area contributed by atoms with Crippen LogP contribution in [0.3, 0.4) is 0 Å². The van der Waals surface area contributed by atoms with E-state index in [9.17, 15) is 25.2 Å². The number of hydrogen-bond acceptors (Lipinski definition) is 10. The van der Waals surface area contributed by atoms with Gasteiger partial charge in [0.15, 0.2) is 0 Å². The molecule has 0 aliphatic rings. The molecule has 0 saturated heterocycles. The van der Waals surface area contributed by atoms with E-state index in [1.54, 1.807) is 56.8 Å². The quantitative estimate of drug-likeness (QED) is 0.106. The molecule has 4 heterocycles. The summed E-state index contributed by atoms with van der Waals surface area (Å²) in [5, 5.41) is 44.5. The summed E-state index contributed by atoms with van der Waals surface area (Å²) in [5.41, 5.74) is 4.30. The van der Waals surface area contributed by atoms with Gasteiger partial charge in [-0.3, -0.25) is 9.78 Å². The summed E-state index contributed by atoms with van der Waals surface area (Å²) in [6, 6.07) is 31.9. The van der Waals surface area contributed by atoms with Crippen LogP contribution in [0.4, 0.5) is 5.82 Å². The van der Waals surface area contributed by atoms with Gasteiger partial charge in [-0.15, -0.1) is 0 Å². The van der Waals surface area contributed by atoms with E-state index in [0.29, 0.717) is 27.8 Å². The van der Waals surface area contributed by atoms with Crippen LogP contribution in [-0.2, 0) is 0 Å². The molecule has 11 heteroatoms. The van der Waals surface area contributed by atoms with Crippen LogP contribution in [0.15, 0.2) is 120 Å². The molecule has 0 bridgehead atoms. The van der Waals surface area contributed by atoms with Gasteiger partial charge in [0.2, 0.25) is 5.56 Å². The third kappa shape index (κ3) is 8.59. The van der Waals surface area contributed by atoms with E-state index in [2.05, 4.69) is 25.3 Å². The highest BCUT2D eigenvalue weighted by Crippen LogP contribution is 2.28. The number of nitrogens with zero attached hydrogens (tertiary/aromatic N) is 3. The number of ether oxygens (including phenoxy) is 1. The number of aromatic hydroxyl groups is 4. The highest BCUT2D eigenvalue weighted by atomic mass is 16.5. The molecule has 4 aromatic carbocycles. The number of hydrogen-bond donors (Lipinski definition) is 6. The molecular formula is C40H37N5O6. The molecule has 51 heavy (non-hydrogen) atoms. The number of fused-ring (bicyclic) bond motifs is 4. The first kappa shape index (κ1) is 35.4. The number of aromatic amines is 1. The van der Waals surface area contributed by atoms with Gasteiger partial charge >= 0.3 is 0 Å². The van der Waals surface area contributed by atoms with E-state index in [0.717, 1.165) is 38.6 Å². The molecule has 0 atom stereocenters. The molecular weight excluding hydrogens is 646 g/mol. The Kier molecular flexibility index (Phi) is 11.1. The van der Waals surface area contributed by atoms with Crippen molar-refractivity contribution in [1.82, 2.24) is 19.9 Å². The Bertz CT molecular complexity index is 2520. The number of benzene rings is 4. The van der Waals surface area contributed by atoms with Gasteiger partial charge in [-0.1, -0.05) is 42.5 Å². The first-order valence-corrected chi connectivity index (χ1v) is 15.8. The summed E-state index contributed by atoms with van der Waals surface area (Å²) in [6.45, 7) is 3.95. The normalized spacial score (nSPS) is 10.4. The highest BCUT2D eigenvalue weighted by Gasteiger charge is 2.05. The lowest BCUT2D eigenvalue weighted by Crippen LogP contribution is -2.01. The van der Waals surface area contributed by atoms with Crippen molar-refractivity contribution in [3.05, 3.63) is 137 Å². The molecule has 0 unspecified atom stereocenters. The number of phenols is 4. The average Bonchev–Trinajstić information content (AvgIpc) is 3.13. The smallest absolute Gasteiger partial charge is 0.248 e. The van der Waals surface area contributed by atoms with Crippen molar-refractivity contribution in [3.63, 3.8) is 0 Å². The maximum absolute atomic E-state index is 10.9. The maximum Gasteiger partial charge on any atom is 0.248 e. The van der Waals surface area contributed by atoms with Gasteiger partial charge in [0.05, 0.1) is 12.6 Å². The molecule has 0 radical (unpaired) electrons. The van der Waals surface area contributed by atoms with E-state index in [-0.39, 0.29) is 28.6 Å². The molecule has 11 nitrogen and oxygen atoms in total. The maximum atomic E-state index is 10.9. The molecule has 258 valence electrons. The van der Waals surface area contributed by atoms with Crippen LogP contribution in [-0.4, -0.2) is 54.5 Å². The van der Waals surface area contributed by atoms with Crippen LogP contribution in [0, 0.1) is 13.8 Å². The topological polar surface area (TPSA) is 174 Å². The second kappa shape index (κ2) is 16.0. The van der Waals surface area contributed by atoms with E-state index >= 15 is 0 Å². The Morgan fingerprint density at radius 3 is 2.06 bits per heavy atom. The summed E-state index contributed by atoms with van der Waals surface area (Å²) in [7, 11) is 3.37. The SMILES string of the molecule is CNc1ccc2cccc(O)c2n1.COc1cc(O)c2ncccc2c1.Cc1cc(C)c2cccc(O)c2n1.O=c1ccc2cccc(O)c2[nH]1. The third-order valence-corrected chi connectivity index (χ3v) is 7.74. The number of anilines is 1. The number of pyridine rings is 4. The summed E-state index contributed by atoms with van der Waals surface area (Å²) >= 11 is 0. The van der Waals surface area contributed by atoms with Crippen LogP contribution in [0.25, 0.3) is 43.6 Å². The van der Waals surface area contributed by atoms with Gasteiger partial charge in [-0.2, -0.15) is 0 Å². The highest BCUT2D eigenvalue weighted by molar-refractivity contribution is 5.88. The molecule has 0 saturated carbocycles. The Labute approximate surface area is 293 Å². The predicted molar refractivity (Wildman–Crippen MR) is 202 cm³/mol. The predicted octanol–water partition coefficient (Wildman–Crippen LogP) is 7.72. The Morgan fingerprint density at radius 2 is 1.31 bits per heavy atom. The van der Waals surface area contributed by atoms with E-state index < -0.39 is 0 Å². The second-order valence-electron chi connectivity index (χ2n) is 11.3. The average molecular weight is 684 g/mol. The van der Waals surface area contributed by atoms with Crippen LogP contribution in [0.1, 0.15) is 11.3 Å². The summed E-state index contributed by atoms with van der Waals surface area (Å²) < 4.78 is 5.02. The minimum Gasteiger partial charge on any atom is -0.506 e. The number of H-pyrrole nitrogens is 1. The van der Waals surface area contributed by atoms with Crippen LogP contribution < -0.4 is 15.6 Å². The molecule has 8 rings (SSSR count). The van der Waals surface area contributed by atoms with Crippen molar-refractivity contribution in [1.29, 1.82) is 0 Å². The van der Waals surface area contributed by atoms with Gasteiger partial charge in [-0.25, -0.2) is 9.97 Å². The zero-order chi connectivity index (χ0) is 36.5. The third-order valence-electron chi connectivity index (χ3n) is 7.74. The fraction of sp³-hybridized carbons (Fsp3) is 0.100. The number of rotatable bonds is 2. The molecule has 8 aromatic rings. The van der Waals surface area contributed by atoms with Gasteiger partial charge in [0.1, 0.15) is 51.1 Å². The van der Waals surface area contributed by atoms with Crippen molar-refractivity contribution in [2.24, 2.45) is 0 Å². The van der Waals surface area contributed by atoms with E-state index in [1.807, 2.05) is 74.5 Å².